The van der Waals surface area contributed by atoms with Gasteiger partial charge in [-0.1, -0.05) is 49.4 Å². The number of hydrogen-bond donors (Lipinski definition) is 1. The highest BCUT2D eigenvalue weighted by molar-refractivity contribution is 6.09. The highest BCUT2D eigenvalue weighted by Gasteiger charge is 2.16. The van der Waals surface area contributed by atoms with Crippen molar-refractivity contribution in [2.45, 2.75) is 27.2 Å². The smallest absolute Gasteiger partial charge is 0.259 e. The van der Waals surface area contributed by atoms with Crippen LogP contribution in [-0.4, -0.2) is 12.5 Å². The summed E-state index contributed by atoms with van der Waals surface area (Å²) in [6.45, 7) is 6.54. The van der Waals surface area contributed by atoms with Crippen LogP contribution in [0, 0.1) is 6.92 Å². The molecule has 1 amide bonds. The maximum atomic E-state index is 13.0. The standard InChI is InChI=1S/C22H23NO2/c1-4-16-12-8-9-15(3)21(16)23-22(24)19-13-17-10-6-7-11-18(17)14-20(19)25-5-2/h6-14H,4-5H2,1-3H3,(H,23,24). The van der Waals surface area contributed by atoms with Crippen molar-refractivity contribution in [3.63, 3.8) is 0 Å². The molecule has 0 aromatic heterocycles. The third kappa shape index (κ3) is 3.50. The maximum absolute atomic E-state index is 13.0. The van der Waals surface area contributed by atoms with E-state index in [-0.39, 0.29) is 5.91 Å². The van der Waals surface area contributed by atoms with Gasteiger partial charge in [0, 0.05) is 5.69 Å². The minimum Gasteiger partial charge on any atom is -0.493 e. The quantitative estimate of drug-likeness (QED) is 0.682. The molecular weight excluding hydrogens is 310 g/mol. The molecule has 0 aliphatic rings. The van der Waals surface area contributed by atoms with Gasteiger partial charge >= 0.3 is 0 Å². The SMILES string of the molecule is CCOc1cc2ccccc2cc1C(=O)Nc1c(C)cccc1CC. The molecule has 3 nitrogen and oxygen atoms in total. The molecule has 3 aromatic carbocycles. The molecule has 3 aromatic rings. The summed E-state index contributed by atoms with van der Waals surface area (Å²) in [5.41, 5.74) is 3.65. The number of hydrogen-bond acceptors (Lipinski definition) is 2. The molecule has 0 aliphatic carbocycles. The summed E-state index contributed by atoms with van der Waals surface area (Å²) < 4.78 is 5.73. The largest absolute Gasteiger partial charge is 0.493 e. The van der Waals surface area contributed by atoms with Crippen LogP contribution in [-0.2, 0) is 6.42 Å². The van der Waals surface area contributed by atoms with Crippen molar-refractivity contribution in [2.24, 2.45) is 0 Å². The van der Waals surface area contributed by atoms with Gasteiger partial charge in [0.1, 0.15) is 5.75 Å². The molecule has 128 valence electrons. The van der Waals surface area contributed by atoms with E-state index in [2.05, 4.69) is 12.2 Å². The van der Waals surface area contributed by atoms with E-state index < -0.39 is 0 Å². The van der Waals surface area contributed by atoms with Crippen LogP contribution in [0.25, 0.3) is 10.8 Å². The predicted octanol–water partition coefficient (Wildman–Crippen LogP) is 5.36. The number of fused-ring (bicyclic) bond motifs is 1. The van der Waals surface area contributed by atoms with E-state index in [0.29, 0.717) is 17.9 Å². The Labute approximate surface area is 148 Å². The minimum atomic E-state index is -0.141. The molecule has 0 saturated carbocycles. The summed E-state index contributed by atoms with van der Waals surface area (Å²) in [5, 5.41) is 5.18. The number of aryl methyl sites for hydroxylation is 2. The molecule has 0 atom stereocenters. The summed E-state index contributed by atoms with van der Waals surface area (Å²) >= 11 is 0. The molecule has 0 spiro atoms. The fourth-order valence-corrected chi connectivity index (χ4v) is 3.05. The number of carbonyl (C=O) groups excluding carboxylic acids is 1. The van der Waals surface area contributed by atoms with E-state index in [1.165, 1.54) is 0 Å². The second kappa shape index (κ2) is 7.39. The van der Waals surface area contributed by atoms with Crippen LogP contribution < -0.4 is 10.1 Å². The number of benzene rings is 3. The van der Waals surface area contributed by atoms with E-state index >= 15 is 0 Å². The van der Waals surface area contributed by atoms with Crippen molar-refractivity contribution < 1.29 is 9.53 Å². The number of ether oxygens (including phenoxy) is 1. The number of para-hydroxylation sites is 1. The molecule has 0 fully saturated rings. The molecule has 1 N–H and O–H groups in total. The zero-order valence-electron chi connectivity index (χ0n) is 14.9. The van der Waals surface area contributed by atoms with E-state index in [9.17, 15) is 4.79 Å². The Bertz CT molecular complexity index is 915. The number of rotatable bonds is 5. The van der Waals surface area contributed by atoms with Gasteiger partial charge in [-0.15, -0.1) is 0 Å². The third-order valence-electron chi connectivity index (χ3n) is 4.37. The van der Waals surface area contributed by atoms with E-state index in [4.69, 9.17) is 4.74 Å². The third-order valence-corrected chi connectivity index (χ3v) is 4.37. The Hall–Kier alpha value is -2.81. The van der Waals surface area contributed by atoms with Crippen molar-refractivity contribution in [3.05, 3.63) is 71.3 Å². The van der Waals surface area contributed by atoms with Crippen LogP contribution in [0.4, 0.5) is 5.69 Å². The summed E-state index contributed by atoms with van der Waals surface area (Å²) in [5.74, 6) is 0.475. The van der Waals surface area contributed by atoms with Crippen molar-refractivity contribution in [1.29, 1.82) is 0 Å². The fourth-order valence-electron chi connectivity index (χ4n) is 3.05. The second-order valence-electron chi connectivity index (χ2n) is 6.05. The zero-order valence-corrected chi connectivity index (χ0v) is 14.9. The second-order valence-corrected chi connectivity index (χ2v) is 6.05. The van der Waals surface area contributed by atoms with Gasteiger partial charge in [0.15, 0.2) is 0 Å². The molecule has 3 rings (SSSR count). The molecule has 0 radical (unpaired) electrons. The van der Waals surface area contributed by atoms with Crippen molar-refractivity contribution in [3.8, 4) is 5.75 Å². The lowest BCUT2D eigenvalue weighted by Crippen LogP contribution is -2.16. The van der Waals surface area contributed by atoms with Gasteiger partial charge in [0.2, 0.25) is 0 Å². The molecule has 0 saturated heterocycles. The van der Waals surface area contributed by atoms with Gasteiger partial charge in [-0.05, 0) is 54.3 Å². The van der Waals surface area contributed by atoms with Crippen LogP contribution in [0.1, 0.15) is 35.3 Å². The molecular formula is C22H23NO2. The molecule has 0 bridgehead atoms. The number of nitrogens with one attached hydrogen (secondary N) is 1. The minimum absolute atomic E-state index is 0.141. The van der Waals surface area contributed by atoms with E-state index in [1.807, 2.05) is 68.4 Å². The highest BCUT2D eigenvalue weighted by Crippen LogP contribution is 2.28. The van der Waals surface area contributed by atoms with Gasteiger partial charge < -0.3 is 10.1 Å². The van der Waals surface area contributed by atoms with Crippen molar-refractivity contribution in [2.75, 3.05) is 11.9 Å². The molecule has 0 unspecified atom stereocenters. The molecule has 3 heteroatoms. The summed E-state index contributed by atoms with van der Waals surface area (Å²) in [6, 6.07) is 17.9. The summed E-state index contributed by atoms with van der Waals surface area (Å²) in [4.78, 5) is 13.0. The monoisotopic (exact) mass is 333 g/mol. The lowest BCUT2D eigenvalue weighted by molar-refractivity contribution is 0.102. The number of anilines is 1. The Morgan fingerprint density at radius 3 is 2.40 bits per heavy atom. The van der Waals surface area contributed by atoms with Crippen molar-refractivity contribution >= 4 is 22.4 Å². The summed E-state index contributed by atoms with van der Waals surface area (Å²) in [6.07, 6.45) is 0.868. The first-order valence-electron chi connectivity index (χ1n) is 8.69. The molecule has 25 heavy (non-hydrogen) atoms. The zero-order chi connectivity index (χ0) is 17.8. The average Bonchev–Trinajstić information content (AvgIpc) is 2.63. The van der Waals surface area contributed by atoms with Gasteiger partial charge in [0.25, 0.3) is 5.91 Å². The first-order valence-corrected chi connectivity index (χ1v) is 8.69. The Kier molecular flexibility index (Phi) is 5.03. The van der Waals surface area contributed by atoms with Gasteiger partial charge in [-0.3, -0.25) is 4.79 Å². The molecule has 0 heterocycles. The Morgan fingerprint density at radius 1 is 1.00 bits per heavy atom. The lowest BCUT2D eigenvalue weighted by Gasteiger charge is -2.15. The Balaban J connectivity index is 2.03. The van der Waals surface area contributed by atoms with Gasteiger partial charge in [-0.2, -0.15) is 0 Å². The molecule has 0 aliphatic heterocycles. The van der Waals surface area contributed by atoms with Crippen LogP contribution in [0.15, 0.2) is 54.6 Å². The first kappa shape index (κ1) is 17.0. The number of amides is 1. The summed E-state index contributed by atoms with van der Waals surface area (Å²) in [7, 11) is 0. The Morgan fingerprint density at radius 2 is 1.72 bits per heavy atom. The lowest BCUT2D eigenvalue weighted by atomic mass is 10.0. The van der Waals surface area contributed by atoms with Crippen LogP contribution >= 0.6 is 0 Å². The number of carbonyl (C=O) groups is 1. The van der Waals surface area contributed by atoms with Crippen LogP contribution in [0.5, 0.6) is 5.75 Å². The normalized spacial score (nSPS) is 10.7. The van der Waals surface area contributed by atoms with Gasteiger partial charge in [-0.25, -0.2) is 0 Å². The van der Waals surface area contributed by atoms with Gasteiger partial charge in [0.05, 0.1) is 12.2 Å². The fraction of sp³-hybridized carbons (Fsp3) is 0.227. The topological polar surface area (TPSA) is 38.3 Å². The van der Waals surface area contributed by atoms with Crippen LogP contribution in [0.3, 0.4) is 0 Å². The van der Waals surface area contributed by atoms with Crippen LogP contribution in [0.2, 0.25) is 0 Å². The highest BCUT2D eigenvalue weighted by atomic mass is 16.5. The maximum Gasteiger partial charge on any atom is 0.259 e. The van der Waals surface area contributed by atoms with E-state index in [1.54, 1.807) is 0 Å². The van der Waals surface area contributed by atoms with Crippen molar-refractivity contribution in [1.82, 2.24) is 0 Å². The predicted molar refractivity (Wildman–Crippen MR) is 104 cm³/mol. The van der Waals surface area contributed by atoms with E-state index in [0.717, 1.165) is 34.0 Å². The first-order chi connectivity index (χ1) is 12.1. The average molecular weight is 333 g/mol.